The van der Waals surface area contributed by atoms with Gasteiger partial charge in [-0.15, -0.1) is 0 Å². The quantitative estimate of drug-likeness (QED) is 0.673. The predicted octanol–water partition coefficient (Wildman–Crippen LogP) is 2.41. The van der Waals surface area contributed by atoms with Gasteiger partial charge >= 0.3 is 6.61 Å². The largest absolute Gasteiger partial charge is 0.433 e. The number of alkyl halides is 2. The number of nitrogens with one attached hydrogen (secondary N) is 1. The molecule has 33 heavy (non-hydrogen) atoms. The standard InChI is InChI=1S/C20H20F3N5O4S/c1-19(20(7-8-20)33(30,31)28(2)18(24)27-19)13-9-11(3-5-14(13)21)26-16(29)15-6-4-12(10-25-15)32-17(22)23/h3-6,9-10,17H,7-8H2,1-2H3,(H2,24,27)(H,26,29). The van der Waals surface area contributed by atoms with Gasteiger partial charge in [-0.2, -0.15) is 8.78 Å². The lowest BCUT2D eigenvalue weighted by Crippen LogP contribution is -2.58. The third kappa shape index (κ3) is 3.56. The molecular formula is C20H20F3N5O4S. The first-order valence-electron chi connectivity index (χ1n) is 9.77. The fourth-order valence-corrected chi connectivity index (χ4v) is 6.15. The molecule has 0 bridgehead atoms. The summed E-state index contributed by atoms with van der Waals surface area (Å²) in [6.07, 6.45) is 1.52. The zero-order chi connectivity index (χ0) is 24.2. The van der Waals surface area contributed by atoms with Crippen LogP contribution in [0.3, 0.4) is 0 Å². The minimum atomic E-state index is -3.89. The monoisotopic (exact) mass is 483 g/mol. The Balaban J connectivity index is 1.66. The fraction of sp³-hybridized carbons (Fsp3) is 0.350. The Morgan fingerprint density at radius 1 is 1.27 bits per heavy atom. The maximum Gasteiger partial charge on any atom is 0.387 e. The van der Waals surface area contributed by atoms with Gasteiger partial charge in [0.15, 0.2) is 0 Å². The van der Waals surface area contributed by atoms with E-state index in [0.717, 1.165) is 22.6 Å². The number of aromatic nitrogens is 1. The summed E-state index contributed by atoms with van der Waals surface area (Å²) < 4.78 is 69.3. The van der Waals surface area contributed by atoms with E-state index in [1.165, 1.54) is 32.2 Å². The first-order valence-corrected chi connectivity index (χ1v) is 11.2. The van der Waals surface area contributed by atoms with Crippen molar-refractivity contribution in [2.75, 3.05) is 12.4 Å². The van der Waals surface area contributed by atoms with Gasteiger partial charge in [-0.05, 0) is 50.1 Å². The Kier molecular flexibility index (Phi) is 5.26. The molecule has 2 aliphatic rings. The van der Waals surface area contributed by atoms with Gasteiger partial charge in [0.05, 0.1) is 6.20 Å². The van der Waals surface area contributed by atoms with Crippen molar-refractivity contribution in [2.24, 2.45) is 10.7 Å². The highest BCUT2D eigenvalue weighted by molar-refractivity contribution is 7.91. The number of rotatable bonds is 5. The highest BCUT2D eigenvalue weighted by Gasteiger charge is 2.70. The van der Waals surface area contributed by atoms with Crippen LogP contribution in [0.15, 0.2) is 41.5 Å². The number of ether oxygens (including phenoxy) is 1. The van der Waals surface area contributed by atoms with Gasteiger partial charge < -0.3 is 15.8 Å². The smallest absolute Gasteiger partial charge is 0.387 e. The van der Waals surface area contributed by atoms with Crippen LogP contribution in [0.25, 0.3) is 0 Å². The van der Waals surface area contributed by atoms with Crippen LogP contribution in [0.1, 0.15) is 35.8 Å². The minimum absolute atomic E-state index is 0.0361. The average Bonchev–Trinajstić information content (AvgIpc) is 3.56. The summed E-state index contributed by atoms with van der Waals surface area (Å²) in [5, 5.41) is 2.53. The number of halogens is 3. The summed E-state index contributed by atoms with van der Waals surface area (Å²) in [7, 11) is -2.60. The molecule has 1 atom stereocenters. The van der Waals surface area contributed by atoms with Crippen LogP contribution in [0.4, 0.5) is 18.9 Å². The van der Waals surface area contributed by atoms with Crippen molar-refractivity contribution < 1.29 is 31.1 Å². The summed E-state index contributed by atoms with van der Waals surface area (Å²) in [4.78, 5) is 20.7. The molecule has 13 heteroatoms. The molecule has 1 aliphatic heterocycles. The van der Waals surface area contributed by atoms with Gasteiger partial charge in [0.2, 0.25) is 16.0 Å². The van der Waals surface area contributed by atoms with E-state index in [4.69, 9.17) is 5.73 Å². The number of guanidine groups is 1. The Morgan fingerprint density at radius 2 is 1.97 bits per heavy atom. The van der Waals surface area contributed by atoms with Gasteiger partial charge in [-0.25, -0.2) is 27.1 Å². The number of sulfonamides is 1. The second-order valence-corrected chi connectivity index (χ2v) is 10.2. The van der Waals surface area contributed by atoms with Crippen molar-refractivity contribution in [3.63, 3.8) is 0 Å². The predicted molar refractivity (Wildman–Crippen MR) is 113 cm³/mol. The average molecular weight is 483 g/mol. The van der Waals surface area contributed by atoms with E-state index >= 15 is 0 Å². The number of aliphatic imine (C=N–C) groups is 1. The number of carbonyl (C=O) groups excluding carboxylic acids is 1. The lowest BCUT2D eigenvalue weighted by molar-refractivity contribution is -0.0500. The lowest BCUT2D eigenvalue weighted by atomic mass is 9.86. The number of pyridine rings is 1. The molecular weight excluding hydrogens is 463 g/mol. The summed E-state index contributed by atoms with van der Waals surface area (Å²) >= 11 is 0. The van der Waals surface area contributed by atoms with Crippen LogP contribution in [0.5, 0.6) is 5.75 Å². The van der Waals surface area contributed by atoms with Crippen LogP contribution in [0, 0.1) is 5.82 Å². The Bertz CT molecular complexity index is 1250. The summed E-state index contributed by atoms with van der Waals surface area (Å²) in [6.45, 7) is -1.52. The zero-order valence-electron chi connectivity index (χ0n) is 17.5. The van der Waals surface area contributed by atoms with E-state index < -0.39 is 38.6 Å². The van der Waals surface area contributed by atoms with Crippen LogP contribution < -0.4 is 15.8 Å². The second kappa shape index (κ2) is 7.61. The van der Waals surface area contributed by atoms with Gasteiger partial charge in [0, 0.05) is 18.3 Å². The number of amides is 1. The van der Waals surface area contributed by atoms with E-state index in [9.17, 15) is 26.4 Å². The van der Waals surface area contributed by atoms with Gasteiger partial charge in [-0.3, -0.25) is 4.79 Å². The SMILES string of the molecule is CN1C(N)=NC(C)(c2cc(NC(=O)c3ccc(OC(F)F)cn3)ccc2F)C2(CC2)S1(=O)=O. The van der Waals surface area contributed by atoms with Gasteiger partial charge in [0.1, 0.15) is 27.5 Å². The molecule has 1 aliphatic carbocycles. The van der Waals surface area contributed by atoms with E-state index in [2.05, 4.69) is 20.0 Å². The number of anilines is 1. The van der Waals surface area contributed by atoms with Gasteiger partial charge in [0.25, 0.3) is 5.91 Å². The molecule has 9 nitrogen and oxygen atoms in total. The van der Waals surface area contributed by atoms with Crippen molar-refractivity contribution >= 4 is 27.6 Å². The van der Waals surface area contributed by atoms with Crippen molar-refractivity contribution in [1.82, 2.24) is 9.29 Å². The van der Waals surface area contributed by atoms with E-state index in [1.54, 1.807) is 0 Å². The van der Waals surface area contributed by atoms with Crippen molar-refractivity contribution in [3.8, 4) is 5.75 Å². The molecule has 1 amide bonds. The summed E-state index contributed by atoms with van der Waals surface area (Å²) in [5.41, 5.74) is 4.35. The molecule has 1 unspecified atom stereocenters. The third-order valence-corrected chi connectivity index (χ3v) is 8.75. The number of hydrogen-bond acceptors (Lipinski definition) is 7. The first kappa shape index (κ1) is 22.8. The highest BCUT2D eigenvalue weighted by atomic mass is 32.2. The first-order chi connectivity index (χ1) is 15.4. The molecule has 0 radical (unpaired) electrons. The topological polar surface area (TPSA) is 127 Å². The fourth-order valence-electron chi connectivity index (χ4n) is 4.06. The lowest BCUT2D eigenvalue weighted by Gasteiger charge is -2.42. The number of carbonyl (C=O) groups is 1. The number of hydrogen-bond donors (Lipinski definition) is 2. The Labute approximate surface area is 187 Å². The van der Waals surface area contributed by atoms with Crippen molar-refractivity contribution in [1.29, 1.82) is 0 Å². The van der Waals surface area contributed by atoms with E-state index in [1.807, 2.05) is 0 Å². The number of nitrogens with two attached hydrogens (primary N) is 1. The molecule has 1 saturated carbocycles. The van der Waals surface area contributed by atoms with Crippen molar-refractivity contribution in [3.05, 3.63) is 53.6 Å². The molecule has 3 N–H and O–H groups in total. The van der Waals surface area contributed by atoms with Gasteiger partial charge in [-0.1, -0.05) is 0 Å². The summed E-state index contributed by atoms with van der Waals surface area (Å²) in [5.74, 6) is -1.88. The molecule has 4 rings (SSSR count). The van der Waals surface area contributed by atoms with Crippen LogP contribution >= 0.6 is 0 Å². The molecule has 2 heterocycles. The molecule has 2 aromatic rings. The number of benzene rings is 1. The van der Waals surface area contributed by atoms with Crippen LogP contribution in [-0.4, -0.2) is 48.0 Å². The zero-order valence-corrected chi connectivity index (χ0v) is 18.4. The third-order valence-electron chi connectivity index (χ3n) is 6.05. The molecule has 1 aromatic heterocycles. The Hall–Kier alpha value is -3.35. The van der Waals surface area contributed by atoms with E-state index in [-0.39, 0.29) is 41.5 Å². The van der Waals surface area contributed by atoms with E-state index in [0.29, 0.717) is 0 Å². The maximum absolute atomic E-state index is 14.9. The molecule has 1 fully saturated rings. The maximum atomic E-state index is 14.9. The molecule has 176 valence electrons. The normalized spacial score (nSPS) is 22.7. The molecule has 1 spiro atoms. The van der Waals surface area contributed by atoms with Crippen LogP contribution in [-0.2, 0) is 15.6 Å². The summed E-state index contributed by atoms with van der Waals surface area (Å²) in [6, 6.07) is 6.04. The second-order valence-electron chi connectivity index (χ2n) is 7.92. The Morgan fingerprint density at radius 3 is 2.55 bits per heavy atom. The van der Waals surface area contributed by atoms with Crippen molar-refractivity contribution in [2.45, 2.75) is 36.7 Å². The minimum Gasteiger partial charge on any atom is -0.433 e. The molecule has 0 saturated heterocycles. The van der Waals surface area contributed by atoms with Crippen LogP contribution in [0.2, 0.25) is 0 Å². The number of nitrogens with zero attached hydrogens (tertiary/aromatic N) is 3. The highest BCUT2D eigenvalue weighted by Crippen LogP contribution is 2.60. The molecule has 1 aromatic carbocycles.